The molecule has 146 valence electrons. The second kappa shape index (κ2) is 7.57. The normalized spacial score (nSPS) is 19.0. The number of hydrogen-bond donors (Lipinski definition) is 1. The molecule has 2 aromatic rings. The van der Waals surface area contributed by atoms with Gasteiger partial charge in [-0.15, -0.1) is 0 Å². The van der Waals surface area contributed by atoms with Gasteiger partial charge in [0.1, 0.15) is 5.82 Å². The Balaban J connectivity index is 1.79. The molecule has 0 unspecified atom stereocenters. The molecule has 0 amide bonds. The summed E-state index contributed by atoms with van der Waals surface area (Å²) in [5, 5.41) is 0. The van der Waals surface area contributed by atoms with Gasteiger partial charge in [0.15, 0.2) is 0 Å². The van der Waals surface area contributed by atoms with Crippen LogP contribution in [0.25, 0.3) is 0 Å². The Morgan fingerprint density at radius 1 is 1.04 bits per heavy atom. The third kappa shape index (κ3) is 4.48. The van der Waals surface area contributed by atoms with Crippen LogP contribution in [0.3, 0.4) is 0 Å². The molecule has 1 saturated heterocycles. The summed E-state index contributed by atoms with van der Waals surface area (Å²) in [6.45, 7) is 2.99. The molecule has 9 heteroatoms. The van der Waals surface area contributed by atoms with Crippen LogP contribution < -0.4 is 4.72 Å². The average Bonchev–Trinajstić information content (AvgIpc) is 2.62. The topological polar surface area (TPSA) is 83.6 Å². The maximum absolute atomic E-state index is 13.3. The fourth-order valence-electron chi connectivity index (χ4n) is 3.06. The Kier molecular flexibility index (Phi) is 5.55. The molecule has 1 aliphatic heterocycles. The van der Waals surface area contributed by atoms with E-state index < -0.39 is 25.9 Å². The minimum atomic E-state index is -3.96. The lowest BCUT2D eigenvalue weighted by atomic mass is 10.0. The molecule has 1 fully saturated rings. The third-order valence-corrected chi connectivity index (χ3v) is 7.73. The van der Waals surface area contributed by atoms with Gasteiger partial charge in [0.2, 0.25) is 10.0 Å². The molecule has 1 aliphatic rings. The van der Waals surface area contributed by atoms with Crippen LogP contribution in [0, 0.1) is 11.7 Å². The summed E-state index contributed by atoms with van der Waals surface area (Å²) in [6.07, 6.45) is 1.83. The quantitative estimate of drug-likeness (QED) is 0.818. The van der Waals surface area contributed by atoms with E-state index in [9.17, 15) is 21.2 Å². The van der Waals surface area contributed by atoms with Gasteiger partial charge in [0.05, 0.1) is 9.79 Å². The first-order valence-corrected chi connectivity index (χ1v) is 11.5. The van der Waals surface area contributed by atoms with Crippen molar-refractivity contribution in [1.29, 1.82) is 0 Å². The second-order valence-electron chi connectivity index (χ2n) is 6.70. The molecule has 0 spiro atoms. The Morgan fingerprint density at radius 2 is 1.74 bits per heavy atom. The van der Waals surface area contributed by atoms with Crippen molar-refractivity contribution in [1.82, 2.24) is 4.31 Å². The number of anilines is 1. The number of rotatable bonds is 5. The molecular weight excluding hydrogens is 391 g/mol. The molecule has 0 aromatic heterocycles. The molecule has 0 saturated carbocycles. The summed E-state index contributed by atoms with van der Waals surface area (Å²) in [5.41, 5.74) is 0.199. The Morgan fingerprint density at radius 3 is 2.37 bits per heavy atom. The van der Waals surface area contributed by atoms with Crippen LogP contribution in [0.5, 0.6) is 0 Å². The van der Waals surface area contributed by atoms with Crippen molar-refractivity contribution in [2.45, 2.75) is 29.6 Å². The zero-order valence-electron chi connectivity index (χ0n) is 14.8. The van der Waals surface area contributed by atoms with Crippen LogP contribution in [0.4, 0.5) is 10.1 Å². The lowest BCUT2D eigenvalue weighted by Crippen LogP contribution is -2.39. The SMILES string of the molecule is C[C@@H]1CCCN(S(=O)(=O)c2ccc(NS(=O)(=O)c3cccc(F)c3)cc2)C1. The predicted molar refractivity (Wildman–Crippen MR) is 101 cm³/mol. The standard InChI is InChI=1S/C18H21FN2O4S2/c1-14-4-3-11-21(13-14)27(24,25)17-9-7-16(8-10-17)20-26(22,23)18-6-2-5-15(19)12-18/h2,5-10,12,14,20H,3-4,11,13H2,1H3/t14-/m1/s1. The number of halogens is 1. The zero-order chi connectivity index (χ0) is 19.7. The number of nitrogens with one attached hydrogen (secondary N) is 1. The molecule has 2 aromatic carbocycles. The van der Waals surface area contributed by atoms with Gasteiger partial charge in [-0.25, -0.2) is 21.2 Å². The van der Waals surface area contributed by atoms with Crippen LogP contribution in [0.1, 0.15) is 19.8 Å². The van der Waals surface area contributed by atoms with Crippen molar-refractivity contribution in [3.05, 3.63) is 54.3 Å². The van der Waals surface area contributed by atoms with Gasteiger partial charge in [-0.2, -0.15) is 4.31 Å². The van der Waals surface area contributed by atoms with E-state index in [1.807, 2.05) is 6.92 Å². The highest BCUT2D eigenvalue weighted by Crippen LogP contribution is 2.25. The maximum Gasteiger partial charge on any atom is 0.261 e. The molecule has 3 rings (SSSR count). The highest BCUT2D eigenvalue weighted by atomic mass is 32.2. The summed E-state index contributed by atoms with van der Waals surface area (Å²) in [7, 11) is -7.57. The first-order chi connectivity index (χ1) is 12.7. The second-order valence-corrected chi connectivity index (χ2v) is 10.3. The molecule has 0 aliphatic carbocycles. The monoisotopic (exact) mass is 412 g/mol. The molecule has 27 heavy (non-hydrogen) atoms. The van der Waals surface area contributed by atoms with E-state index in [2.05, 4.69) is 4.72 Å². The first-order valence-electron chi connectivity index (χ1n) is 8.57. The summed E-state index contributed by atoms with van der Waals surface area (Å²) >= 11 is 0. The lowest BCUT2D eigenvalue weighted by molar-refractivity contribution is 0.281. The number of benzene rings is 2. The van der Waals surface area contributed by atoms with Crippen LogP contribution in [0.15, 0.2) is 58.3 Å². The van der Waals surface area contributed by atoms with Crippen molar-refractivity contribution >= 4 is 25.7 Å². The summed E-state index contributed by atoms with van der Waals surface area (Å²) < 4.78 is 67.1. The lowest BCUT2D eigenvalue weighted by Gasteiger charge is -2.30. The molecule has 0 radical (unpaired) electrons. The van der Waals surface area contributed by atoms with E-state index in [4.69, 9.17) is 0 Å². The van der Waals surface area contributed by atoms with E-state index in [1.54, 1.807) is 0 Å². The van der Waals surface area contributed by atoms with Crippen LogP contribution >= 0.6 is 0 Å². The van der Waals surface area contributed by atoms with Crippen molar-refractivity contribution in [3.8, 4) is 0 Å². The molecule has 0 bridgehead atoms. The van der Waals surface area contributed by atoms with Gasteiger partial charge in [0, 0.05) is 18.8 Å². The molecule has 1 heterocycles. The van der Waals surface area contributed by atoms with Crippen molar-refractivity contribution in [2.75, 3.05) is 17.8 Å². The third-order valence-electron chi connectivity index (χ3n) is 4.47. The summed E-state index contributed by atoms with van der Waals surface area (Å²) in [6, 6.07) is 10.2. The summed E-state index contributed by atoms with van der Waals surface area (Å²) in [5.74, 6) is -0.346. The minimum absolute atomic E-state index is 0.116. The van der Waals surface area contributed by atoms with E-state index in [0.717, 1.165) is 25.0 Å². The van der Waals surface area contributed by atoms with Crippen LogP contribution in [-0.2, 0) is 20.0 Å². The average molecular weight is 413 g/mol. The van der Waals surface area contributed by atoms with Crippen molar-refractivity contribution in [3.63, 3.8) is 0 Å². The van der Waals surface area contributed by atoms with E-state index >= 15 is 0 Å². The summed E-state index contributed by atoms with van der Waals surface area (Å²) in [4.78, 5) is -0.0909. The molecule has 6 nitrogen and oxygen atoms in total. The van der Waals surface area contributed by atoms with Crippen molar-refractivity contribution in [2.24, 2.45) is 5.92 Å². The van der Waals surface area contributed by atoms with E-state index in [1.165, 1.54) is 40.7 Å². The van der Waals surface area contributed by atoms with Crippen LogP contribution in [-0.4, -0.2) is 34.2 Å². The van der Waals surface area contributed by atoms with Gasteiger partial charge in [-0.1, -0.05) is 13.0 Å². The number of piperidine rings is 1. The minimum Gasteiger partial charge on any atom is -0.280 e. The molecular formula is C18H21FN2O4S2. The van der Waals surface area contributed by atoms with Gasteiger partial charge in [0.25, 0.3) is 10.0 Å². The number of nitrogens with zero attached hydrogens (tertiary/aromatic N) is 1. The predicted octanol–water partition coefficient (Wildman–Crippen LogP) is 3.05. The van der Waals surface area contributed by atoms with Crippen molar-refractivity contribution < 1.29 is 21.2 Å². The highest BCUT2D eigenvalue weighted by Gasteiger charge is 2.28. The smallest absolute Gasteiger partial charge is 0.261 e. The maximum atomic E-state index is 13.3. The van der Waals surface area contributed by atoms with E-state index in [0.29, 0.717) is 19.0 Å². The zero-order valence-corrected chi connectivity index (χ0v) is 16.4. The largest absolute Gasteiger partial charge is 0.280 e. The fraction of sp³-hybridized carbons (Fsp3) is 0.333. The highest BCUT2D eigenvalue weighted by molar-refractivity contribution is 7.92. The van der Waals surface area contributed by atoms with E-state index in [-0.39, 0.29) is 15.5 Å². The Labute approximate surface area is 159 Å². The van der Waals surface area contributed by atoms with Gasteiger partial charge in [-0.05, 0) is 61.2 Å². The van der Waals surface area contributed by atoms with Gasteiger partial charge >= 0.3 is 0 Å². The van der Waals surface area contributed by atoms with Gasteiger partial charge in [-0.3, -0.25) is 4.72 Å². The first kappa shape index (κ1) is 19.8. The molecule has 1 atom stereocenters. The number of hydrogen-bond acceptors (Lipinski definition) is 4. The fourth-order valence-corrected chi connectivity index (χ4v) is 5.74. The number of sulfonamides is 2. The van der Waals surface area contributed by atoms with Gasteiger partial charge < -0.3 is 0 Å². The van der Waals surface area contributed by atoms with Crippen LogP contribution in [0.2, 0.25) is 0 Å². The Bertz CT molecular complexity index is 1020. The Hall–Kier alpha value is -1.97. The molecule has 1 N–H and O–H groups in total.